The van der Waals surface area contributed by atoms with Gasteiger partial charge in [0.2, 0.25) is 0 Å². The van der Waals surface area contributed by atoms with Gasteiger partial charge in [-0.2, -0.15) is 0 Å². The molecule has 8 nitrogen and oxygen atoms in total. The van der Waals surface area contributed by atoms with E-state index in [1.54, 1.807) is 4.90 Å². The van der Waals surface area contributed by atoms with Crippen molar-refractivity contribution in [3.63, 3.8) is 0 Å². The zero-order valence-electron chi connectivity index (χ0n) is 31.7. The van der Waals surface area contributed by atoms with E-state index < -0.39 is 11.2 Å². The highest BCUT2D eigenvalue weighted by molar-refractivity contribution is 5.92. The monoisotopic (exact) mass is 662 g/mol. The van der Waals surface area contributed by atoms with E-state index in [1.807, 2.05) is 70.7 Å². The molecule has 2 amide bonds. The van der Waals surface area contributed by atoms with Crippen molar-refractivity contribution < 1.29 is 19.1 Å². The Morgan fingerprint density at radius 2 is 1.25 bits per heavy atom. The first-order chi connectivity index (χ1) is 22.2. The van der Waals surface area contributed by atoms with Gasteiger partial charge in [-0.1, -0.05) is 88.4 Å². The van der Waals surface area contributed by atoms with Crippen molar-refractivity contribution in [2.45, 2.75) is 125 Å². The van der Waals surface area contributed by atoms with Gasteiger partial charge in [-0.15, -0.1) is 0 Å². The molecule has 4 rings (SSSR count). The standard InChI is InChI=1S/C20H32N2O2.C20H30N2O2/c2*1-15(16-10-8-7-9-11-16)21-17-12-13-22(14-20(17,5)6)18(23)24-19(2,3)4/h7-11,15,17,21H,12-14H2,1-6H3;7-11,15H,12-14H2,1-6H3/t15-,17-;15-/m11/s1. The van der Waals surface area contributed by atoms with E-state index in [1.165, 1.54) is 16.8 Å². The Morgan fingerprint density at radius 3 is 1.71 bits per heavy atom. The molecule has 0 aromatic heterocycles. The maximum Gasteiger partial charge on any atom is 0.410 e. The molecule has 0 saturated carbocycles. The number of benzene rings is 2. The van der Waals surface area contributed by atoms with Gasteiger partial charge in [-0.3, -0.25) is 4.99 Å². The highest BCUT2D eigenvalue weighted by Crippen LogP contribution is 2.33. The summed E-state index contributed by atoms with van der Waals surface area (Å²) in [7, 11) is 0. The molecular formula is C40H62N4O4. The Labute approximate surface area is 290 Å². The lowest BCUT2D eigenvalue weighted by atomic mass is 9.78. The lowest BCUT2D eigenvalue weighted by Crippen LogP contribution is -2.56. The van der Waals surface area contributed by atoms with Crippen LogP contribution in [0.2, 0.25) is 0 Å². The van der Waals surface area contributed by atoms with E-state index in [4.69, 9.17) is 14.5 Å². The van der Waals surface area contributed by atoms with Gasteiger partial charge in [0.1, 0.15) is 11.2 Å². The van der Waals surface area contributed by atoms with Gasteiger partial charge < -0.3 is 24.6 Å². The molecule has 0 unspecified atom stereocenters. The van der Waals surface area contributed by atoms with E-state index >= 15 is 0 Å². The smallest absolute Gasteiger partial charge is 0.410 e. The van der Waals surface area contributed by atoms with Crippen LogP contribution in [-0.2, 0) is 9.47 Å². The molecule has 2 saturated heterocycles. The Kier molecular flexibility index (Phi) is 12.9. The number of likely N-dealkylation sites (tertiary alicyclic amines) is 2. The second-order valence-corrected chi connectivity index (χ2v) is 16.7. The van der Waals surface area contributed by atoms with Gasteiger partial charge in [-0.05, 0) is 78.4 Å². The average molecular weight is 663 g/mol. The summed E-state index contributed by atoms with van der Waals surface area (Å²) >= 11 is 0. The van der Waals surface area contributed by atoms with Gasteiger partial charge in [0, 0.05) is 55.8 Å². The Bertz CT molecular complexity index is 1360. The van der Waals surface area contributed by atoms with Crippen LogP contribution < -0.4 is 5.32 Å². The number of hydrogen-bond donors (Lipinski definition) is 1. The number of amides is 2. The molecule has 2 aliphatic heterocycles. The van der Waals surface area contributed by atoms with Crippen molar-refractivity contribution >= 4 is 17.9 Å². The van der Waals surface area contributed by atoms with Gasteiger partial charge in [0.05, 0.1) is 6.04 Å². The summed E-state index contributed by atoms with van der Waals surface area (Å²) in [5.41, 5.74) is 2.64. The summed E-state index contributed by atoms with van der Waals surface area (Å²) in [6.07, 6.45) is 1.29. The van der Waals surface area contributed by atoms with Crippen molar-refractivity contribution in [3.05, 3.63) is 71.8 Å². The molecule has 266 valence electrons. The van der Waals surface area contributed by atoms with Crippen LogP contribution in [0.25, 0.3) is 0 Å². The minimum absolute atomic E-state index is 0.00179. The van der Waals surface area contributed by atoms with Crippen LogP contribution >= 0.6 is 0 Å². The third-order valence-corrected chi connectivity index (χ3v) is 8.90. The molecule has 0 radical (unpaired) electrons. The molecular weight excluding hydrogens is 600 g/mol. The molecule has 0 bridgehead atoms. The fraction of sp³-hybridized carbons (Fsp3) is 0.625. The summed E-state index contributed by atoms with van der Waals surface area (Å²) in [5.74, 6) is 0. The summed E-state index contributed by atoms with van der Waals surface area (Å²) < 4.78 is 11.0. The van der Waals surface area contributed by atoms with Gasteiger partial charge in [0.15, 0.2) is 0 Å². The first kappa shape index (κ1) is 39.1. The van der Waals surface area contributed by atoms with Crippen molar-refractivity contribution in [2.24, 2.45) is 15.8 Å². The maximum atomic E-state index is 12.3. The molecule has 2 fully saturated rings. The highest BCUT2D eigenvalue weighted by atomic mass is 16.6. The quantitative estimate of drug-likeness (QED) is 0.345. The van der Waals surface area contributed by atoms with Gasteiger partial charge in [-0.25, -0.2) is 9.59 Å². The van der Waals surface area contributed by atoms with E-state index in [-0.39, 0.29) is 29.1 Å². The van der Waals surface area contributed by atoms with E-state index in [2.05, 4.69) is 83.3 Å². The second-order valence-electron chi connectivity index (χ2n) is 16.7. The molecule has 0 spiro atoms. The first-order valence-electron chi connectivity index (χ1n) is 17.6. The Balaban J connectivity index is 0.000000260. The third kappa shape index (κ3) is 11.9. The summed E-state index contributed by atoms with van der Waals surface area (Å²) in [6.45, 7) is 27.2. The predicted molar refractivity (Wildman–Crippen MR) is 196 cm³/mol. The zero-order valence-corrected chi connectivity index (χ0v) is 31.7. The Morgan fingerprint density at radius 1 is 0.771 bits per heavy atom. The van der Waals surface area contributed by atoms with Crippen molar-refractivity contribution in [1.29, 1.82) is 0 Å². The van der Waals surface area contributed by atoms with Crippen LogP contribution in [0, 0.1) is 10.8 Å². The number of carbonyl (C=O) groups is 2. The molecule has 2 aromatic carbocycles. The van der Waals surface area contributed by atoms with Crippen LogP contribution in [0.1, 0.15) is 119 Å². The van der Waals surface area contributed by atoms with Crippen molar-refractivity contribution in [2.75, 3.05) is 26.2 Å². The number of hydrogen-bond acceptors (Lipinski definition) is 6. The molecule has 2 heterocycles. The average Bonchev–Trinajstić information content (AvgIpc) is 2.98. The van der Waals surface area contributed by atoms with Crippen LogP contribution in [0.5, 0.6) is 0 Å². The van der Waals surface area contributed by atoms with Crippen LogP contribution in [-0.4, -0.2) is 71.1 Å². The molecule has 2 aromatic rings. The first-order valence-corrected chi connectivity index (χ1v) is 17.6. The van der Waals surface area contributed by atoms with Crippen molar-refractivity contribution in [3.8, 4) is 0 Å². The Hall–Kier alpha value is -3.39. The van der Waals surface area contributed by atoms with Gasteiger partial charge in [0.25, 0.3) is 0 Å². The molecule has 0 aliphatic carbocycles. The predicted octanol–water partition coefficient (Wildman–Crippen LogP) is 9.23. The van der Waals surface area contributed by atoms with Crippen LogP contribution in [0.3, 0.4) is 0 Å². The normalized spacial score (nSPS) is 21.4. The molecule has 48 heavy (non-hydrogen) atoms. The number of piperidine rings is 2. The van der Waals surface area contributed by atoms with E-state index in [0.29, 0.717) is 31.7 Å². The zero-order chi connectivity index (χ0) is 35.9. The summed E-state index contributed by atoms with van der Waals surface area (Å²) in [5, 5.41) is 3.75. The minimum Gasteiger partial charge on any atom is -0.444 e. The number of rotatable bonds is 5. The second kappa shape index (κ2) is 15.9. The fourth-order valence-corrected chi connectivity index (χ4v) is 6.28. The van der Waals surface area contributed by atoms with Gasteiger partial charge >= 0.3 is 12.2 Å². The van der Waals surface area contributed by atoms with E-state index in [0.717, 1.165) is 19.4 Å². The third-order valence-electron chi connectivity index (χ3n) is 8.90. The lowest BCUT2D eigenvalue weighted by Gasteiger charge is -2.45. The van der Waals surface area contributed by atoms with Crippen molar-refractivity contribution in [1.82, 2.24) is 15.1 Å². The fourth-order valence-electron chi connectivity index (χ4n) is 6.28. The maximum absolute atomic E-state index is 12.3. The van der Waals surface area contributed by atoms with Crippen LogP contribution in [0.15, 0.2) is 65.7 Å². The summed E-state index contributed by atoms with van der Waals surface area (Å²) in [4.78, 5) is 33.3. The highest BCUT2D eigenvalue weighted by Gasteiger charge is 2.39. The SMILES string of the molecule is C[C@@H](N=C1CCN(C(=O)OC(C)(C)C)CC1(C)C)c1ccccc1.C[C@@H](N[C@@H]1CCN(C(=O)OC(C)(C)C)CC1(C)C)c1ccccc1. The topological polar surface area (TPSA) is 83.5 Å². The lowest BCUT2D eigenvalue weighted by molar-refractivity contribution is 0.00128. The molecule has 1 N–H and O–H groups in total. The molecule has 3 atom stereocenters. The number of nitrogens with zero attached hydrogens (tertiary/aromatic N) is 3. The summed E-state index contributed by atoms with van der Waals surface area (Å²) in [6, 6.07) is 21.6. The number of ether oxygens (including phenoxy) is 2. The molecule has 2 aliphatic rings. The van der Waals surface area contributed by atoms with Crippen LogP contribution in [0.4, 0.5) is 9.59 Å². The number of nitrogens with one attached hydrogen (secondary N) is 1. The van der Waals surface area contributed by atoms with E-state index in [9.17, 15) is 9.59 Å². The minimum atomic E-state index is -0.461. The number of carbonyl (C=O) groups excluding carboxylic acids is 2. The number of aliphatic imine (C=N–C) groups is 1. The largest absolute Gasteiger partial charge is 0.444 e. The molecule has 8 heteroatoms.